The Morgan fingerprint density at radius 3 is 2.86 bits per heavy atom. The zero-order chi connectivity index (χ0) is 10.6. The second-order valence-electron chi connectivity index (χ2n) is 3.22. The van der Waals surface area contributed by atoms with Crippen LogP contribution in [0.15, 0.2) is 15.9 Å². The molecule has 2 nitrogen and oxygen atoms in total. The van der Waals surface area contributed by atoms with E-state index in [1.54, 1.807) is 11.3 Å². The van der Waals surface area contributed by atoms with Gasteiger partial charge in [0.25, 0.3) is 0 Å². The van der Waals surface area contributed by atoms with E-state index in [4.69, 9.17) is 5.26 Å². The number of hydrogen-bond acceptors (Lipinski definition) is 3. The molecule has 0 aliphatic heterocycles. The third-order valence-electron chi connectivity index (χ3n) is 2.10. The Morgan fingerprint density at radius 1 is 1.71 bits per heavy atom. The standard InChI is InChI=1S/C10H13BrN2S/c1-3-8(5-12)6-13(2)10-4-9(11)7-14-10/h4,7-8H,3,6H2,1-2H3. The molecule has 4 heteroatoms. The summed E-state index contributed by atoms with van der Waals surface area (Å²) in [4.78, 5) is 2.13. The summed E-state index contributed by atoms with van der Waals surface area (Å²) in [6, 6.07) is 4.39. The first-order valence-corrected chi connectivity index (χ1v) is 6.19. The van der Waals surface area contributed by atoms with Gasteiger partial charge in [0.2, 0.25) is 0 Å². The van der Waals surface area contributed by atoms with Crippen LogP contribution >= 0.6 is 27.3 Å². The molecule has 0 N–H and O–H groups in total. The second kappa shape index (κ2) is 5.38. The minimum absolute atomic E-state index is 0.126. The predicted molar refractivity (Wildman–Crippen MR) is 64.7 cm³/mol. The molecule has 0 fully saturated rings. The first-order chi connectivity index (χ1) is 6.67. The third-order valence-corrected chi connectivity index (χ3v) is 3.90. The zero-order valence-corrected chi connectivity index (χ0v) is 10.7. The van der Waals surface area contributed by atoms with Crippen molar-refractivity contribution in [2.45, 2.75) is 13.3 Å². The summed E-state index contributed by atoms with van der Waals surface area (Å²) in [5, 5.41) is 12.1. The molecule has 0 aromatic carbocycles. The molecule has 1 heterocycles. The number of halogens is 1. The van der Waals surface area contributed by atoms with E-state index in [9.17, 15) is 0 Å². The van der Waals surface area contributed by atoms with Crippen LogP contribution in [0.25, 0.3) is 0 Å². The molecule has 0 saturated carbocycles. The van der Waals surface area contributed by atoms with Crippen LogP contribution in [-0.4, -0.2) is 13.6 Å². The van der Waals surface area contributed by atoms with Crippen LogP contribution in [0.2, 0.25) is 0 Å². The Labute approximate surface area is 97.3 Å². The Bertz CT molecular complexity index is 329. The molecule has 1 aromatic rings. The summed E-state index contributed by atoms with van der Waals surface area (Å²) in [5.74, 6) is 0.126. The van der Waals surface area contributed by atoms with Crippen LogP contribution < -0.4 is 4.90 Å². The van der Waals surface area contributed by atoms with Crippen LogP contribution in [0.3, 0.4) is 0 Å². The Balaban J connectivity index is 2.58. The van der Waals surface area contributed by atoms with Gasteiger partial charge < -0.3 is 4.90 Å². The lowest BCUT2D eigenvalue weighted by Crippen LogP contribution is -2.23. The van der Waals surface area contributed by atoms with Crippen LogP contribution in [0.5, 0.6) is 0 Å². The van der Waals surface area contributed by atoms with Crippen molar-refractivity contribution >= 4 is 32.3 Å². The highest BCUT2D eigenvalue weighted by atomic mass is 79.9. The van der Waals surface area contributed by atoms with Gasteiger partial charge in [0.05, 0.1) is 17.0 Å². The summed E-state index contributed by atoms with van der Waals surface area (Å²) in [5.41, 5.74) is 0. The molecule has 1 aromatic heterocycles. The summed E-state index contributed by atoms with van der Waals surface area (Å²) in [6.07, 6.45) is 0.910. The Kier molecular flexibility index (Phi) is 4.43. The van der Waals surface area contributed by atoms with Crippen molar-refractivity contribution in [3.8, 4) is 6.07 Å². The van der Waals surface area contributed by atoms with Crippen LogP contribution in [0.1, 0.15) is 13.3 Å². The molecule has 0 radical (unpaired) electrons. The van der Waals surface area contributed by atoms with Crippen LogP contribution in [0, 0.1) is 17.2 Å². The fourth-order valence-electron chi connectivity index (χ4n) is 1.18. The van der Waals surface area contributed by atoms with Crippen molar-refractivity contribution in [2.24, 2.45) is 5.92 Å². The highest BCUT2D eigenvalue weighted by Crippen LogP contribution is 2.27. The van der Waals surface area contributed by atoms with E-state index in [1.807, 2.05) is 14.0 Å². The van der Waals surface area contributed by atoms with Gasteiger partial charge in [-0.1, -0.05) is 6.92 Å². The second-order valence-corrected chi connectivity index (χ2v) is 5.02. The molecule has 0 saturated heterocycles. The lowest BCUT2D eigenvalue weighted by molar-refractivity contribution is 0.633. The average Bonchev–Trinajstić information content (AvgIpc) is 2.61. The molecule has 0 bridgehead atoms. The van der Waals surface area contributed by atoms with Gasteiger partial charge in [-0.25, -0.2) is 0 Å². The van der Waals surface area contributed by atoms with Gasteiger partial charge in [-0.3, -0.25) is 0 Å². The summed E-state index contributed by atoms with van der Waals surface area (Å²) in [7, 11) is 2.03. The summed E-state index contributed by atoms with van der Waals surface area (Å²) >= 11 is 5.11. The maximum Gasteiger partial charge on any atom is 0.0918 e. The minimum atomic E-state index is 0.126. The van der Waals surface area contributed by atoms with Gasteiger partial charge >= 0.3 is 0 Å². The van der Waals surface area contributed by atoms with E-state index in [1.165, 1.54) is 5.00 Å². The number of nitriles is 1. The number of nitrogens with zero attached hydrogens (tertiary/aromatic N) is 2. The SMILES string of the molecule is CCC(C#N)CN(C)c1cc(Br)cs1. The number of rotatable bonds is 4. The van der Waals surface area contributed by atoms with E-state index in [0.717, 1.165) is 17.4 Å². The van der Waals surface area contributed by atoms with Gasteiger partial charge in [-0.05, 0) is 28.4 Å². The van der Waals surface area contributed by atoms with Crippen molar-refractivity contribution in [2.75, 3.05) is 18.5 Å². The molecular weight excluding hydrogens is 260 g/mol. The molecule has 14 heavy (non-hydrogen) atoms. The van der Waals surface area contributed by atoms with Gasteiger partial charge in [0.1, 0.15) is 0 Å². The number of hydrogen-bond donors (Lipinski definition) is 0. The molecule has 1 rings (SSSR count). The lowest BCUT2D eigenvalue weighted by atomic mass is 10.1. The van der Waals surface area contributed by atoms with Gasteiger partial charge in [0, 0.05) is 23.4 Å². The number of thiophene rings is 1. The largest absolute Gasteiger partial charge is 0.365 e. The molecular formula is C10H13BrN2S. The monoisotopic (exact) mass is 272 g/mol. The molecule has 0 aliphatic rings. The lowest BCUT2D eigenvalue weighted by Gasteiger charge is -2.19. The molecule has 0 spiro atoms. The average molecular weight is 273 g/mol. The Hall–Kier alpha value is -0.530. The topological polar surface area (TPSA) is 27.0 Å². The van der Waals surface area contributed by atoms with E-state index >= 15 is 0 Å². The van der Waals surface area contributed by atoms with E-state index < -0.39 is 0 Å². The quantitative estimate of drug-likeness (QED) is 0.839. The molecule has 0 aliphatic carbocycles. The molecule has 0 amide bonds. The maximum atomic E-state index is 8.84. The van der Waals surface area contributed by atoms with Crippen molar-refractivity contribution in [1.82, 2.24) is 0 Å². The van der Waals surface area contributed by atoms with E-state index in [0.29, 0.717) is 0 Å². The van der Waals surface area contributed by atoms with Crippen molar-refractivity contribution < 1.29 is 0 Å². The van der Waals surface area contributed by atoms with Crippen molar-refractivity contribution in [1.29, 1.82) is 5.26 Å². The van der Waals surface area contributed by atoms with Gasteiger partial charge in [-0.15, -0.1) is 11.3 Å². The maximum absolute atomic E-state index is 8.84. The zero-order valence-electron chi connectivity index (χ0n) is 8.33. The van der Waals surface area contributed by atoms with Gasteiger partial charge in [0.15, 0.2) is 0 Å². The van der Waals surface area contributed by atoms with Crippen LogP contribution in [-0.2, 0) is 0 Å². The smallest absolute Gasteiger partial charge is 0.0918 e. The summed E-state index contributed by atoms with van der Waals surface area (Å²) < 4.78 is 1.11. The fraction of sp³-hybridized carbons (Fsp3) is 0.500. The summed E-state index contributed by atoms with van der Waals surface area (Å²) in [6.45, 7) is 2.85. The predicted octanol–water partition coefficient (Wildman–Crippen LogP) is 3.50. The molecule has 1 unspecified atom stereocenters. The molecule has 76 valence electrons. The fourth-order valence-corrected chi connectivity index (χ4v) is 2.58. The van der Waals surface area contributed by atoms with E-state index in [-0.39, 0.29) is 5.92 Å². The first-order valence-electron chi connectivity index (χ1n) is 4.52. The highest BCUT2D eigenvalue weighted by Gasteiger charge is 2.10. The highest BCUT2D eigenvalue weighted by molar-refractivity contribution is 9.10. The van der Waals surface area contributed by atoms with E-state index in [2.05, 4.69) is 38.3 Å². The minimum Gasteiger partial charge on any atom is -0.365 e. The van der Waals surface area contributed by atoms with Crippen molar-refractivity contribution in [3.05, 3.63) is 15.9 Å². The molecule has 1 atom stereocenters. The normalized spacial score (nSPS) is 12.1. The third kappa shape index (κ3) is 3.00. The van der Waals surface area contributed by atoms with Crippen LogP contribution in [0.4, 0.5) is 5.00 Å². The van der Waals surface area contributed by atoms with Crippen molar-refractivity contribution in [3.63, 3.8) is 0 Å². The Morgan fingerprint density at radius 2 is 2.43 bits per heavy atom. The number of anilines is 1. The first kappa shape index (κ1) is 11.5. The van der Waals surface area contributed by atoms with Gasteiger partial charge in [-0.2, -0.15) is 5.26 Å².